The predicted octanol–water partition coefficient (Wildman–Crippen LogP) is 1.06. The summed E-state index contributed by atoms with van der Waals surface area (Å²) in [5.74, 6) is 0.573. The molecule has 0 atom stereocenters. The van der Waals surface area contributed by atoms with E-state index in [0.29, 0.717) is 36.6 Å². The molecular weight excluding hydrogens is 334 g/mol. The third-order valence-electron chi connectivity index (χ3n) is 4.59. The maximum atomic E-state index is 12.4. The molecule has 26 heavy (non-hydrogen) atoms. The summed E-state index contributed by atoms with van der Waals surface area (Å²) in [5.41, 5.74) is 4.16. The zero-order valence-corrected chi connectivity index (χ0v) is 14.4. The maximum absolute atomic E-state index is 12.4. The summed E-state index contributed by atoms with van der Waals surface area (Å²) in [5, 5.41) is 0. The Morgan fingerprint density at radius 2 is 2.27 bits per heavy atom. The van der Waals surface area contributed by atoms with Gasteiger partial charge in [-0.1, -0.05) is 12.1 Å². The highest BCUT2D eigenvalue weighted by atomic mass is 16.5. The van der Waals surface area contributed by atoms with Gasteiger partial charge in [-0.3, -0.25) is 9.59 Å². The molecule has 3 heterocycles. The molecule has 4 rings (SSSR count). The number of hydrogen-bond acceptors (Lipinski definition) is 5. The van der Waals surface area contributed by atoms with Gasteiger partial charge in [-0.2, -0.15) is 0 Å². The van der Waals surface area contributed by atoms with Crippen LogP contribution < -0.4 is 5.56 Å². The fraction of sp³-hybridized carbons (Fsp3) is 0.333. The Kier molecular flexibility index (Phi) is 4.26. The number of carbonyl (C=O) groups excluding carboxylic acids is 1. The van der Waals surface area contributed by atoms with Gasteiger partial charge in [-0.25, -0.2) is 9.97 Å². The number of nitrogens with zero attached hydrogens (tertiary/aromatic N) is 3. The fourth-order valence-electron chi connectivity index (χ4n) is 3.20. The molecule has 1 aliphatic rings. The van der Waals surface area contributed by atoms with E-state index in [1.165, 1.54) is 6.33 Å². The lowest BCUT2D eigenvalue weighted by atomic mass is 10.1. The number of aromatic amines is 2. The lowest BCUT2D eigenvalue weighted by Gasteiger charge is -2.27. The number of nitrogens with one attached hydrogen (secondary N) is 2. The van der Waals surface area contributed by atoms with Gasteiger partial charge in [0, 0.05) is 12.1 Å². The van der Waals surface area contributed by atoms with Crippen molar-refractivity contribution in [2.75, 3.05) is 13.2 Å². The lowest BCUT2D eigenvalue weighted by Crippen LogP contribution is -2.40. The molecule has 0 bridgehead atoms. The first-order valence-corrected chi connectivity index (χ1v) is 8.47. The molecule has 0 saturated carbocycles. The second-order valence-electron chi connectivity index (χ2n) is 6.37. The van der Waals surface area contributed by atoms with E-state index in [1.54, 1.807) is 4.90 Å². The number of carbonyl (C=O) groups is 1. The average Bonchev–Trinajstić information content (AvgIpc) is 3.06. The molecule has 1 amide bonds. The first kappa shape index (κ1) is 16.5. The van der Waals surface area contributed by atoms with Crippen molar-refractivity contribution in [3.8, 4) is 0 Å². The Bertz CT molecular complexity index is 1020. The van der Waals surface area contributed by atoms with Gasteiger partial charge in [0.2, 0.25) is 5.91 Å². The van der Waals surface area contributed by atoms with Crippen molar-refractivity contribution in [2.45, 2.75) is 26.5 Å². The quantitative estimate of drug-likeness (QED) is 0.730. The largest absolute Gasteiger partial charge is 0.364 e. The Morgan fingerprint density at radius 1 is 1.38 bits per heavy atom. The molecular formula is C18H19N5O3. The lowest BCUT2D eigenvalue weighted by molar-refractivity contribution is -0.137. The number of benzene rings is 1. The van der Waals surface area contributed by atoms with Crippen molar-refractivity contribution in [3.05, 3.63) is 57.5 Å². The van der Waals surface area contributed by atoms with Crippen molar-refractivity contribution in [3.63, 3.8) is 0 Å². The van der Waals surface area contributed by atoms with Gasteiger partial charge >= 0.3 is 0 Å². The molecule has 0 spiro atoms. The van der Waals surface area contributed by atoms with Crippen LogP contribution in [0.2, 0.25) is 0 Å². The van der Waals surface area contributed by atoms with E-state index in [0.717, 1.165) is 16.6 Å². The number of ether oxygens (including phenoxy) is 1. The van der Waals surface area contributed by atoms with Crippen LogP contribution in [0, 0.1) is 6.92 Å². The Hall–Kier alpha value is -3.00. The molecule has 2 aromatic heterocycles. The molecule has 0 aliphatic carbocycles. The zero-order valence-electron chi connectivity index (χ0n) is 14.4. The first-order valence-electron chi connectivity index (χ1n) is 8.47. The number of para-hydroxylation sites is 1. The highest BCUT2D eigenvalue weighted by molar-refractivity contribution is 5.79. The summed E-state index contributed by atoms with van der Waals surface area (Å²) in [6, 6.07) is 5.94. The normalized spacial score (nSPS) is 13.8. The van der Waals surface area contributed by atoms with Crippen molar-refractivity contribution >= 4 is 16.9 Å². The standard InChI is InChI=1S/C18H19N5O3/c1-11-3-2-4-13-17(11)22-15(21-13)8-26-9-16(24)23-6-5-12-14(7-23)19-10-20-18(12)25/h2-4,10H,5-9H2,1H3,(H,21,22)(H,19,20,25). The number of fused-ring (bicyclic) bond motifs is 2. The molecule has 8 nitrogen and oxygen atoms in total. The van der Waals surface area contributed by atoms with Crippen molar-refractivity contribution < 1.29 is 9.53 Å². The molecule has 0 fully saturated rings. The number of imidazole rings is 1. The molecule has 0 saturated heterocycles. The maximum Gasteiger partial charge on any atom is 0.254 e. The summed E-state index contributed by atoms with van der Waals surface area (Å²) in [4.78, 5) is 40.2. The number of hydrogen-bond donors (Lipinski definition) is 2. The van der Waals surface area contributed by atoms with Crippen LogP contribution in [0.25, 0.3) is 11.0 Å². The highest BCUT2D eigenvalue weighted by Gasteiger charge is 2.23. The van der Waals surface area contributed by atoms with E-state index in [2.05, 4.69) is 19.9 Å². The molecule has 0 radical (unpaired) electrons. The van der Waals surface area contributed by atoms with E-state index in [-0.39, 0.29) is 24.7 Å². The van der Waals surface area contributed by atoms with E-state index < -0.39 is 0 Å². The summed E-state index contributed by atoms with van der Waals surface area (Å²) < 4.78 is 5.54. The van der Waals surface area contributed by atoms with E-state index in [1.807, 2.05) is 25.1 Å². The van der Waals surface area contributed by atoms with Gasteiger partial charge in [0.15, 0.2) is 0 Å². The Balaban J connectivity index is 1.35. The zero-order chi connectivity index (χ0) is 18.1. The molecule has 2 N–H and O–H groups in total. The van der Waals surface area contributed by atoms with Crippen LogP contribution in [-0.2, 0) is 29.1 Å². The first-order chi connectivity index (χ1) is 12.6. The van der Waals surface area contributed by atoms with Crippen molar-refractivity contribution in [1.82, 2.24) is 24.8 Å². The van der Waals surface area contributed by atoms with Crippen LogP contribution in [0.3, 0.4) is 0 Å². The topological polar surface area (TPSA) is 104 Å². The predicted molar refractivity (Wildman–Crippen MR) is 94.5 cm³/mol. The number of amides is 1. The van der Waals surface area contributed by atoms with Crippen molar-refractivity contribution in [2.24, 2.45) is 0 Å². The van der Waals surface area contributed by atoms with Gasteiger partial charge in [-0.05, 0) is 25.0 Å². The number of H-pyrrole nitrogens is 2. The van der Waals surface area contributed by atoms with Crippen LogP contribution >= 0.6 is 0 Å². The van der Waals surface area contributed by atoms with Gasteiger partial charge in [-0.15, -0.1) is 0 Å². The number of aryl methyl sites for hydroxylation is 1. The number of aromatic nitrogens is 4. The minimum atomic E-state index is -0.126. The minimum absolute atomic E-state index is 0.0332. The van der Waals surface area contributed by atoms with E-state index in [9.17, 15) is 9.59 Å². The fourth-order valence-corrected chi connectivity index (χ4v) is 3.20. The molecule has 1 aliphatic heterocycles. The van der Waals surface area contributed by atoms with Crippen molar-refractivity contribution in [1.29, 1.82) is 0 Å². The third-order valence-corrected chi connectivity index (χ3v) is 4.59. The summed E-state index contributed by atoms with van der Waals surface area (Å²) in [6.07, 6.45) is 1.88. The minimum Gasteiger partial charge on any atom is -0.364 e. The Labute approximate surface area is 149 Å². The Morgan fingerprint density at radius 3 is 3.12 bits per heavy atom. The van der Waals surface area contributed by atoms with Crippen LogP contribution in [-0.4, -0.2) is 43.9 Å². The monoisotopic (exact) mass is 353 g/mol. The summed E-state index contributed by atoms with van der Waals surface area (Å²) in [7, 11) is 0. The van der Waals surface area contributed by atoms with Crippen LogP contribution in [0.5, 0.6) is 0 Å². The average molecular weight is 353 g/mol. The molecule has 0 unspecified atom stereocenters. The van der Waals surface area contributed by atoms with Gasteiger partial charge in [0.25, 0.3) is 5.56 Å². The summed E-state index contributed by atoms with van der Waals surface area (Å²) in [6.45, 7) is 3.04. The second kappa shape index (κ2) is 6.72. The SMILES string of the molecule is Cc1cccc2[nH]c(COCC(=O)N3CCc4c(nc[nH]c4=O)C3)nc12. The molecule has 134 valence electrons. The summed E-state index contributed by atoms with van der Waals surface area (Å²) >= 11 is 0. The van der Waals surface area contributed by atoms with Gasteiger partial charge in [0.1, 0.15) is 19.0 Å². The highest BCUT2D eigenvalue weighted by Crippen LogP contribution is 2.16. The van der Waals surface area contributed by atoms with Crippen LogP contribution in [0.4, 0.5) is 0 Å². The third kappa shape index (κ3) is 3.11. The van der Waals surface area contributed by atoms with Gasteiger partial charge < -0.3 is 19.6 Å². The van der Waals surface area contributed by atoms with Crippen LogP contribution in [0.15, 0.2) is 29.3 Å². The molecule has 3 aromatic rings. The number of rotatable bonds is 4. The van der Waals surface area contributed by atoms with Gasteiger partial charge in [0.05, 0.1) is 29.6 Å². The molecule has 1 aromatic carbocycles. The second-order valence-corrected chi connectivity index (χ2v) is 6.37. The van der Waals surface area contributed by atoms with E-state index >= 15 is 0 Å². The smallest absolute Gasteiger partial charge is 0.254 e. The van der Waals surface area contributed by atoms with E-state index in [4.69, 9.17) is 4.74 Å². The molecule has 8 heteroatoms. The van der Waals surface area contributed by atoms with Crippen LogP contribution in [0.1, 0.15) is 22.6 Å².